The number of hydrogen-bond acceptors (Lipinski definition) is 3. The summed E-state index contributed by atoms with van der Waals surface area (Å²) in [4.78, 5) is 15.1. The van der Waals surface area contributed by atoms with Gasteiger partial charge in [-0.2, -0.15) is 0 Å². The molecule has 23 heavy (non-hydrogen) atoms. The fourth-order valence-corrected chi connectivity index (χ4v) is 2.57. The minimum Gasteiger partial charge on any atom is -0.494 e. The van der Waals surface area contributed by atoms with Crippen LogP contribution in [-0.2, 0) is 6.54 Å². The van der Waals surface area contributed by atoms with E-state index in [1.807, 2.05) is 56.3 Å². The number of hydrogen-bond donors (Lipinski definition) is 2. The number of aryl methyl sites for hydroxylation is 1. The van der Waals surface area contributed by atoms with Gasteiger partial charge in [-0.25, -0.2) is 0 Å². The molecule has 2 N–H and O–H groups in total. The number of fused-ring (bicyclic) bond motifs is 1. The highest BCUT2D eigenvalue weighted by Crippen LogP contribution is 2.19. The molecule has 1 aromatic heterocycles. The minimum atomic E-state index is -0.0678. The monoisotopic (exact) mass is 308 g/mol. The Morgan fingerprint density at radius 2 is 2.00 bits per heavy atom. The Balaban J connectivity index is 1.87. The molecule has 2 aromatic carbocycles. The zero-order valence-electron chi connectivity index (χ0n) is 13.3. The zero-order chi connectivity index (χ0) is 16.2. The van der Waals surface area contributed by atoms with E-state index in [-0.39, 0.29) is 5.56 Å². The van der Waals surface area contributed by atoms with E-state index in [1.54, 1.807) is 0 Å². The van der Waals surface area contributed by atoms with Crippen molar-refractivity contribution in [3.05, 3.63) is 70.0 Å². The zero-order valence-corrected chi connectivity index (χ0v) is 13.3. The number of rotatable bonds is 5. The summed E-state index contributed by atoms with van der Waals surface area (Å²) in [7, 11) is 0. The van der Waals surface area contributed by atoms with Crippen LogP contribution in [0.1, 0.15) is 18.1 Å². The molecule has 0 aliphatic carbocycles. The number of anilines is 1. The van der Waals surface area contributed by atoms with Gasteiger partial charge in [0.25, 0.3) is 5.56 Å². The molecule has 0 atom stereocenters. The summed E-state index contributed by atoms with van der Waals surface area (Å²) in [5.74, 6) is 0.810. The van der Waals surface area contributed by atoms with Crippen LogP contribution in [0.25, 0.3) is 10.9 Å². The van der Waals surface area contributed by atoms with E-state index < -0.39 is 0 Å². The van der Waals surface area contributed by atoms with Crippen molar-refractivity contribution in [3.8, 4) is 5.75 Å². The molecular weight excluding hydrogens is 288 g/mol. The summed E-state index contributed by atoms with van der Waals surface area (Å²) in [5.41, 5.74) is 3.64. The SMILES string of the molecule is CCOc1ccc2[nH]c(=O)c(CNc3cccc(C)c3)cc2c1. The summed E-state index contributed by atoms with van der Waals surface area (Å²) in [6.07, 6.45) is 0. The summed E-state index contributed by atoms with van der Waals surface area (Å²) in [5, 5.41) is 4.26. The predicted octanol–water partition coefficient (Wildman–Crippen LogP) is 3.85. The van der Waals surface area contributed by atoms with Gasteiger partial charge in [0.15, 0.2) is 0 Å². The van der Waals surface area contributed by atoms with E-state index in [1.165, 1.54) is 5.56 Å². The van der Waals surface area contributed by atoms with Gasteiger partial charge in [0.2, 0.25) is 0 Å². The Kier molecular flexibility index (Phi) is 4.33. The van der Waals surface area contributed by atoms with Gasteiger partial charge >= 0.3 is 0 Å². The van der Waals surface area contributed by atoms with Crippen LogP contribution in [-0.4, -0.2) is 11.6 Å². The molecule has 0 aliphatic rings. The molecule has 1 heterocycles. The molecular formula is C19H20N2O2. The van der Waals surface area contributed by atoms with Crippen molar-refractivity contribution in [3.63, 3.8) is 0 Å². The van der Waals surface area contributed by atoms with Crippen molar-refractivity contribution in [1.29, 1.82) is 0 Å². The number of H-pyrrole nitrogens is 1. The number of benzene rings is 2. The summed E-state index contributed by atoms with van der Waals surface area (Å²) >= 11 is 0. The van der Waals surface area contributed by atoms with Gasteiger partial charge in [-0.1, -0.05) is 12.1 Å². The second-order valence-electron chi connectivity index (χ2n) is 5.53. The van der Waals surface area contributed by atoms with Crippen LogP contribution < -0.4 is 15.6 Å². The van der Waals surface area contributed by atoms with Crippen LogP contribution in [0.2, 0.25) is 0 Å². The Morgan fingerprint density at radius 3 is 2.78 bits per heavy atom. The Hall–Kier alpha value is -2.75. The van der Waals surface area contributed by atoms with E-state index in [2.05, 4.69) is 16.4 Å². The van der Waals surface area contributed by atoms with Gasteiger partial charge < -0.3 is 15.0 Å². The van der Waals surface area contributed by atoms with Gasteiger partial charge in [-0.15, -0.1) is 0 Å². The van der Waals surface area contributed by atoms with Crippen LogP contribution in [0.15, 0.2) is 53.3 Å². The molecule has 0 saturated carbocycles. The second kappa shape index (κ2) is 6.57. The van der Waals surface area contributed by atoms with E-state index in [0.717, 1.165) is 22.3 Å². The van der Waals surface area contributed by atoms with Crippen LogP contribution >= 0.6 is 0 Å². The fraction of sp³-hybridized carbons (Fsp3) is 0.211. The maximum atomic E-state index is 12.2. The average molecular weight is 308 g/mol. The topological polar surface area (TPSA) is 54.1 Å². The third-order valence-corrected chi connectivity index (χ3v) is 3.70. The molecule has 0 radical (unpaired) electrons. The Morgan fingerprint density at radius 1 is 1.13 bits per heavy atom. The maximum absolute atomic E-state index is 12.2. The van der Waals surface area contributed by atoms with E-state index in [0.29, 0.717) is 18.7 Å². The molecule has 4 heteroatoms. The molecule has 0 unspecified atom stereocenters. The van der Waals surface area contributed by atoms with Crippen LogP contribution in [0.3, 0.4) is 0 Å². The fourth-order valence-electron chi connectivity index (χ4n) is 2.57. The first-order valence-corrected chi connectivity index (χ1v) is 7.75. The molecule has 4 nitrogen and oxygen atoms in total. The highest BCUT2D eigenvalue weighted by atomic mass is 16.5. The maximum Gasteiger partial charge on any atom is 0.253 e. The minimum absolute atomic E-state index is 0.0678. The molecule has 0 bridgehead atoms. The lowest BCUT2D eigenvalue weighted by Gasteiger charge is -2.09. The molecule has 0 saturated heterocycles. The third kappa shape index (κ3) is 3.54. The number of ether oxygens (including phenoxy) is 1. The van der Waals surface area contributed by atoms with Gasteiger partial charge in [0.05, 0.1) is 6.61 Å². The summed E-state index contributed by atoms with van der Waals surface area (Å²) in [6, 6.07) is 15.7. The van der Waals surface area contributed by atoms with Gasteiger partial charge in [-0.3, -0.25) is 4.79 Å². The number of nitrogens with one attached hydrogen (secondary N) is 2. The largest absolute Gasteiger partial charge is 0.494 e. The first kappa shape index (κ1) is 15.2. The van der Waals surface area contributed by atoms with Crippen molar-refractivity contribution in [2.24, 2.45) is 0 Å². The van der Waals surface area contributed by atoms with Crippen molar-refractivity contribution < 1.29 is 4.74 Å². The molecule has 0 spiro atoms. The molecule has 3 aromatic rings. The van der Waals surface area contributed by atoms with E-state index in [9.17, 15) is 4.79 Å². The van der Waals surface area contributed by atoms with Crippen LogP contribution in [0.4, 0.5) is 5.69 Å². The van der Waals surface area contributed by atoms with Crippen molar-refractivity contribution >= 4 is 16.6 Å². The average Bonchev–Trinajstić information content (AvgIpc) is 2.53. The smallest absolute Gasteiger partial charge is 0.253 e. The lowest BCUT2D eigenvalue weighted by molar-refractivity contribution is 0.340. The van der Waals surface area contributed by atoms with Crippen LogP contribution in [0.5, 0.6) is 5.75 Å². The van der Waals surface area contributed by atoms with Gasteiger partial charge in [0, 0.05) is 28.7 Å². The Bertz CT molecular complexity index is 884. The van der Waals surface area contributed by atoms with E-state index >= 15 is 0 Å². The molecule has 0 fully saturated rings. The predicted molar refractivity (Wildman–Crippen MR) is 94.2 cm³/mol. The lowest BCUT2D eigenvalue weighted by Crippen LogP contribution is -2.15. The molecule has 0 amide bonds. The highest BCUT2D eigenvalue weighted by Gasteiger charge is 2.04. The Labute approximate surface area is 135 Å². The van der Waals surface area contributed by atoms with Crippen molar-refractivity contribution in [2.75, 3.05) is 11.9 Å². The molecule has 118 valence electrons. The summed E-state index contributed by atoms with van der Waals surface area (Å²) < 4.78 is 5.52. The first-order chi connectivity index (χ1) is 11.2. The number of pyridine rings is 1. The third-order valence-electron chi connectivity index (χ3n) is 3.70. The molecule has 0 aliphatic heterocycles. The highest BCUT2D eigenvalue weighted by molar-refractivity contribution is 5.80. The van der Waals surface area contributed by atoms with E-state index in [4.69, 9.17) is 4.74 Å². The normalized spacial score (nSPS) is 10.7. The van der Waals surface area contributed by atoms with Crippen molar-refractivity contribution in [2.45, 2.75) is 20.4 Å². The second-order valence-corrected chi connectivity index (χ2v) is 5.53. The van der Waals surface area contributed by atoms with Gasteiger partial charge in [0.1, 0.15) is 5.75 Å². The first-order valence-electron chi connectivity index (χ1n) is 7.75. The lowest BCUT2D eigenvalue weighted by atomic mass is 10.1. The molecule has 3 rings (SSSR count). The van der Waals surface area contributed by atoms with Crippen LogP contribution in [0, 0.1) is 6.92 Å². The number of aromatic amines is 1. The summed E-state index contributed by atoms with van der Waals surface area (Å²) in [6.45, 7) is 5.10. The standard InChI is InChI=1S/C19H20N2O2/c1-3-23-17-7-8-18-14(11-17)10-15(19(22)21-18)12-20-16-6-4-5-13(2)9-16/h4-11,20H,3,12H2,1-2H3,(H,21,22). The number of aromatic nitrogens is 1. The quantitative estimate of drug-likeness (QED) is 0.753. The van der Waals surface area contributed by atoms with Crippen molar-refractivity contribution in [1.82, 2.24) is 4.98 Å². The van der Waals surface area contributed by atoms with Gasteiger partial charge in [-0.05, 0) is 55.8 Å².